The van der Waals surface area contributed by atoms with Crippen molar-refractivity contribution in [3.05, 3.63) is 76.6 Å². The van der Waals surface area contributed by atoms with Gasteiger partial charge in [0.2, 0.25) is 5.84 Å². The van der Waals surface area contributed by atoms with Crippen LogP contribution in [0.25, 0.3) is 5.69 Å². The number of nitrogens with zero attached hydrogens (tertiary/aromatic N) is 3. The summed E-state index contributed by atoms with van der Waals surface area (Å²) in [6, 6.07) is 15.6. The highest BCUT2D eigenvalue weighted by molar-refractivity contribution is 6.35. The maximum atomic E-state index is 12.0. The summed E-state index contributed by atoms with van der Waals surface area (Å²) < 4.78 is 25.3. The Morgan fingerprint density at radius 3 is 2.78 bits per heavy atom. The molecule has 2 atom stereocenters. The summed E-state index contributed by atoms with van der Waals surface area (Å²) in [4.78, 5) is 12.0. The van der Waals surface area contributed by atoms with E-state index in [1.807, 2.05) is 54.7 Å². The number of esters is 1. The minimum absolute atomic E-state index is 0.105. The van der Waals surface area contributed by atoms with Crippen molar-refractivity contribution < 1.29 is 23.7 Å². The van der Waals surface area contributed by atoms with Crippen molar-refractivity contribution in [3.8, 4) is 17.2 Å². The minimum atomic E-state index is -0.519. The summed E-state index contributed by atoms with van der Waals surface area (Å²) in [5.74, 6) is 0.797. The third-order valence-corrected chi connectivity index (χ3v) is 6.50. The van der Waals surface area contributed by atoms with Crippen LogP contribution >= 0.6 is 11.6 Å². The van der Waals surface area contributed by atoms with Gasteiger partial charge in [0.1, 0.15) is 12.2 Å². The van der Waals surface area contributed by atoms with Crippen LogP contribution in [-0.4, -0.2) is 48.9 Å². The quantitative estimate of drug-likeness (QED) is 0.427. The molecule has 1 aromatic heterocycles. The number of benzene rings is 2. The fraction of sp³-hybridized carbons (Fsp3) is 0.308. The number of hydrogen-bond acceptors (Lipinski definition) is 9. The molecule has 194 valence electrons. The Bertz CT molecular complexity index is 1330. The Morgan fingerprint density at radius 1 is 1.14 bits per heavy atom. The van der Waals surface area contributed by atoms with Gasteiger partial charge in [0.05, 0.1) is 32.2 Å². The average Bonchev–Trinajstić information content (AvgIpc) is 3.57. The molecule has 0 fully saturated rings. The topological polar surface area (TPSA) is 98.6 Å². The summed E-state index contributed by atoms with van der Waals surface area (Å²) in [6.07, 6.45) is 1.77. The van der Waals surface area contributed by atoms with E-state index in [-0.39, 0.29) is 18.5 Å². The van der Waals surface area contributed by atoms with Gasteiger partial charge in [0, 0.05) is 28.9 Å². The van der Waals surface area contributed by atoms with Crippen LogP contribution in [0.1, 0.15) is 42.4 Å². The van der Waals surface area contributed by atoms with Crippen LogP contribution in [0.3, 0.4) is 0 Å². The number of methoxy groups -OCH3 is 2. The van der Waals surface area contributed by atoms with Crippen LogP contribution < -0.4 is 20.4 Å². The largest absolute Gasteiger partial charge is 0.493 e. The fourth-order valence-corrected chi connectivity index (χ4v) is 4.82. The number of fused-ring (bicyclic) bond motifs is 3. The average molecular weight is 526 g/mol. The van der Waals surface area contributed by atoms with Crippen LogP contribution in [-0.2, 0) is 14.3 Å². The molecule has 10 nitrogen and oxygen atoms in total. The predicted molar refractivity (Wildman–Crippen MR) is 138 cm³/mol. The van der Waals surface area contributed by atoms with Gasteiger partial charge in [0.25, 0.3) is 0 Å². The molecular formula is C26H28ClN5O5. The van der Waals surface area contributed by atoms with Crippen molar-refractivity contribution >= 4 is 23.4 Å². The van der Waals surface area contributed by atoms with Gasteiger partial charge in [-0.1, -0.05) is 23.7 Å². The first kappa shape index (κ1) is 24.9. The van der Waals surface area contributed by atoms with E-state index in [4.69, 9.17) is 30.5 Å². The molecule has 0 saturated carbocycles. The van der Waals surface area contributed by atoms with E-state index in [0.717, 1.165) is 22.5 Å². The molecule has 2 aliphatic heterocycles. The normalized spacial score (nSPS) is 18.5. The maximum absolute atomic E-state index is 12.0. The zero-order valence-corrected chi connectivity index (χ0v) is 21.5. The summed E-state index contributed by atoms with van der Waals surface area (Å²) in [7, 11) is 3.22. The SMILES string of the molecule is CCOC(=O)C1=NNN(CC[C@H]2O[C@H](c3cccc(OC)c3OC)c3cc(Cl)ccc3-n3cccc32)N1. The van der Waals surface area contributed by atoms with Crippen LogP contribution in [0.2, 0.25) is 5.02 Å². The number of hydrazone groups is 1. The van der Waals surface area contributed by atoms with Crippen molar-refractivity contribution in [3.63, 3.8) is 0 Å². The number of hydrazine groups is 2. The first-order valence-electron chi connectivity index (χ1n) is 11.9. The molecule has 3 heterocycles. The maximum Gasteiger partial charge on any atom is 0.377 e. The van der Waals surface area contributed by atoms with Gasteiger partial charge in [-0.25, -0.2) is 10.3 Å². The smallest absolute Gasteiger partial charge is 0.377 e. The Kier molecular flexibility index (Phi) is 7.22. The molecule has 0 saturated heterocycles. The summed E-state index contributed by atoms with van der Waals surface area (Å²) >= 11 is 6.47. The van der Waals surface area contributed by atoms with Crippen LogP contribution in [0.4, 0.5) is 0 Å². The van der Waals surface area contributed by atoms with Gasteiger partial charge in [-0.2, -0.15) is 0 Å². The molecule has 5 rings (SSSR count). The van der Waals surface area contributed by atoms with E-state index in [1.54, 1.807) is 26.3 Å². The van der Waals surface area contributed by atoms with E-state index in [0.29, 0.717) is 29.5 Å². The highest BCUT2D eigenvalue weighted by atomic mass is 35.5. The molecule has 2 aromatic carbocycles. The lowest BCUT2D eigenvalue weighted by molar-refractivity contribution is -0.135. The lowest BCUT2D eigenvalue weighted by Gasteiger charge is -2.26. The van der Waals surface area contributed by atoms with Gasteiger partial charge in [0.15, 0.2) is 11.5 Å². The Balaban J connectivity index is 1.48. The number of ether oxygens (including phenoxy) is 4. The van der Waals surface area contributed by atoms with E-state index < -0.39 is 12.1 Å². The first-order chi connectivity index (χ1) is 18.0. The van der Waals surface area contributed by atoms with Gasteiger partial charge in [-0.05, 0) is 49.7 Å². The summed E-state index contributed by atoms with van der Waals surface area (Å²) in [6.45, 7) is 2.49. The van der Waals surface area contributed by atoms with Crippen LogP contribution in [0.15, 0.2) is 59.8 Å². The molecule has 0 unspecified atom stereocenters. The number of nitrogens with one attached hydrogen (secondary N) is 2. The number of halogens is 1. The predicted octanol–water partition coefficient (Wildman–Crippen LogP) is 3.90. The standard InChI is InChI=1S/C26H28ClN5O5/c1-4-36-26(33)25-28-30-32(29-25)14-12-21-20-8-6-13-31(20)19-11-10-16(27)15-18(19)23(37-21)17-7-5-9-22(34-2)24(17)35-3/h5-11,13,15,21,23,30H,4,12,14H2,1-3H3,(H,28,29)/t21-,23-/m1/s1. The second kappa shape index (κ2) is 10.7. The molecule has 11 heteroatoms. The fourth-order valence-electron chi connectivity index (χ4n) is 4.64. The molecule has 0 bridgehead atoms. The molecule has 0 amide bonds. The number of carbonyl (C=O) groups excluding carboxylic acids is 1. The first-order valence-corrected chi connectivity index (χ1v) is 12.3. The van der Waals surface area contributed by atoms with Crippen molar-refractivity contribution in [2.75, 3.05) is 27.4 Å². The minimum Gasteiger partial charge on any atom is -0.493 e. The molecular weight excluding hydrogens is 498 g/mol. The molecule has 3 aromatic rings. The lowest BCUT2D eigenvalue weighted by atomic mass is 9.98. The Morgan fingerprint density at radius 2 is 2.00 bits per heavy atom. The van der Waals surface area contributed by atoms with Gasteiger partial charge < -0.3 is 23.5 Å². The number of aromatic nitrogens is 1. The monoisotopic (exact) mass is 525 g/mol. The number of carbonyl (C=O) groups is 1. The Labute approximate surface area is 219 Å². The highest BCUT2D eigenvalue weighted by Gasteiger charge is 2.33. The van der Waals surface area contributed by atoms with Crippen molar-refractivity contribution in [1.29, 1.82) is 0 Å². The van der Waals surface area contributed by atoms with E-state index in [9.17, 15) is 4.79 Å². The summed E-state index contributed by atoms with van der Waals surface area (Å²) in [5, 5.41) is 6.25. The van der Waals surface area contributed by atoms with E-state index in [1.165, 1.54) is 0 Å². The van der Waals surface area contributed by atoms with Crippen LogP contribution in [0.5, 0.6) is 11.5 Å². The number of para-hydroxylation sites is 1. The molecule has 37 heavy (non-hydrogen) atoms. The number of rotatable bonds is 8. The van der Waals surface area contributed by atoms with Crippen molar-refractivity contribution in [1.82, 2.24) is 20.6 Å². The zero-order chi connectivity index (χ0) is 25.9. The second-order valence-electron chi connectivity index (χ2n) is 8.43. The highest BCUT2D eigenvalue weighted by Crippen LogP contribution is 2.46. The molecule has 2 aliphatic rings. The van der Waals surface area contributed by atoms with Crippen molar-refractivity contribution in [2.45, 2.75) is 25.6 Å². The molecule has 0 aliphatic carbocycles. The van der Waals surface area contributed by atoms with E-state index >= 15 is 0 Å². The molecule has 2 N–H and O–H groups in total. The molecule has 0 spiro atoms. The van der Waals surface area contributed by atoms with E-state index in [2.05, 4.69) is 20.6 Å². The van der Waals surface area contributed by atoms with Gasteiger partial charge >= 0.3 is 5.97 Å². The summed E-state index contributed by atoms with van der Waals surface area (Å²) in [5.41, 5.74) is 9.43. The number of hydrogen-bond donors (Lipinski definition) is 2. The molecule has 0 radical (unpaired) electrons. The van der Waals surface area contributed by atoms with Crippen molar-refractivity contribution in [2.24, 2.45) is 5.10 Å². The second-order valence-corrected chi connectivity index (χ2v) is 8.86. The third kappa shape index (κ3) is 4.83. The Hall–Kier alpha value is -3.73. The van der Waals surface area contributed by atoms with Gasteiger partial charge in [-0.3, -0.25) is 5.43 Å². The lowest BCUT2D eigenvalue weighted by Crippen LogP contribution is -2.44. The number of amidine groups is 1. The zero-order valence-electron chi connectivity index (χ0n) is 20.7. The van der Waals surface area contributed by atoms with Crippen LogP contribution in [0, 0.1) is 0 Å². The third-order valence-electron chi connectivity index (χ3n) is 6.27. The van der Waals surface area contributed by atoms with Gasteiger partial charge in [-0.15, -0.1) is 10.2 Å².